The first-order chi connectivity index (χ1) is 18.6. The van der Waals surface area contributed by atoms with Gasteiger partial charge in [0.1, 0.15) is 23.8 Å². The molecule has 8 heteroatoms. The number of phenolic OH excluding ortho intramolecular Hbond substituents is 1. The van der Waals surface area contributed by atoms with Crippen LogP contribution in [0, 0.1) is 5.92 Å². The zero-order valence-electron chi connectivity index (χ0n) is 21.9. The lowest BCUT2D eigenvalue weighted by molar-refractivity contribution is 0.0748. The number of carbonyl (C=O) groups excluding carboxylic acids is 2. The number of rotatable bonds is 7. The van der Waals surface area contributed by atoms with Crippen LogP contribution in [0.25, 0.3) is 10.9 Å². The standard InChI is InChI=1S/C30H36N4O4/c35-27-17-26-24(28(32-31-26)29(36)20-7-3-1-4-8-20)16-25(27)30(37)34-18-21-9-10-23(15-22(21)19-34)38-14-13-33-11-5-2-6-12-33/h9-10,15-17,20,35H,1-8,11-14,18-19H2,(H,31,32). The minimum Gasteiger partial charge on any atom is -0.507 e. The highest BCUT2D eigenvalue weighted by atomic mass is 16.5. The van der Waals surface area contributed by atoms with E-state index in [2.05, 4.69) is 15.1 Å². The number of hydrogen-bond donors (Lipinski definition) is 2. The van der Waals surface area contributed by atoms with Crippen LogP contribution in [-0.2, 0) is 13.1 Å². The lowest BCUT2D eigenvalue weighted by Crippen LogP contribution is -2.33. The van der Waals surface area contributed by atoms with E-state index in [4.69, 9.17) is 4.74 Å². The SMILES string of the molecule is O=C(c1n[nH]c2cc(O)c(C(=O)N3Cc4ccc(OCCN5CCCCC5)cc4C3)cc12)C1CCCCC1. The molecule has 2 N–H and O–H groups in total. The molecule has 2 aromatic carbocycles. The third-order valence-corrected chi connectivity index (χ3v) is 8.43. The van der Waals surface area contributed by atoms with E-state index in [1.54, 1.807) is 11.0 Å². The number of aromatic nitrogens is 2. The summed E-state index contributed by atoms with van der Waals surface area (Å²) in [6.07, 6.45) is 8.91. The molecule has 1 saturated heterocycles. The van der Waals surface area contributed by atoms with Gasteiger partial charge in [0.05, 0.1) is 11.1 Å². The summed E-state index contributed by atoms with van der Waals surface area (Å²) < 4.78 is 6.03. The Bertz CT molecular complexity index is 1340. The fourth-order valence-corrected chi connectivity index (χ4v) is 6.22. The van der Waals surface area contributed by atoms with Crippen LogP contribution < -0.4 is 4.74 Å². The Morgan fingerprint density at radius 3 is 2.55 bits per heavy atom. The monoisotopic (exact) mass is 516 g/mol. The maximum absolute atomic E-state index is 13.5. The molecular formula is C30H36N4O4. The summed E-state index contributed by atoms with van der Waals surface area (Å²) in [6, 6.07) is 9.16. The topological polar surface area (TPSA) is 98.8 Å². The number of benzene rings is 2. The molecule has 0 atom stereocenters. The van der Waals surface area contributed by atoms with Gasteiger partial charge in [0.2, 0.25) is 0 Å². The van der Waals surface area contributed by atoms with E-state index < -0.39 is 0 Å². The predicted octanol–water partition coefficient (Wildman–Crippen LogP) is 5.05. The number of nitrogens with zero attached hydrogens (tertiary/aromatic N) is 3. The second-order valence-corrected chi connectivity index (χ2v) is 11.0. The summed E-state index contributed by atoms with van der Waals surface area (Å²) in [7, 11) is 0. The van der Waals surface area contributed by atoms with Gasteiger partial charge in [-0.1, -0.05) is 31.7 Å². The number of nitrogens with one attached hydrogen (secondary N) is 1. The van der Waals surface area contributed by atoms with Crippen LogP contribution in [0.4, 0.5) is 0 Å². The minimum atomic E-state index is -0.259. The van der Waals surface area contributed by atoms with E-state index in [1.807, 2.05) is 18.2 Å². The van der Waals surface area contributed by atoms with Crippen LogP contribution in [0.5, 0.6) is 11.5 Å². The van der Waals surface area contributed by atoms with E-state index in [-0.39, 0.29) is 28.9 Å². The number of phenols is 1. The number of Topliss-reactive ketones (excluding diaryl/α,β-unsaturated/α-hetero) is 1. The minimum absolute atomic E-state index is 0.0208. The van der Waals surface area contributed by atoms with Gasteiger partial charge in [-0.3, -0.25) is 19.6 Å². The number of carbonyl (C=O) groups is 2. The van der Waals surface area contributed by atoms with Crippen LogP contribution in [0.2, 0.25) is 0 Å². The number of aromatic amines is 1. The molecule has 200 valence electrons. The van der Waals surface area contributed by atoms with E-state index in [0.29, 0.717) is 36.3 Å². The molecule has 1 aromatic heterocycles. The molecule has 0 bridgehead atoms. The van der Waals surface area contributed by atoms with Crippen molar-refractivity contribution < 1.29 is 19.4 Å². The van der Waals surface area contributed by atoms with Gasteiger partial charge in [0.15, 0.2) is 5.78 Å². The molecular weight excluding hydrogens is 480 g/mol. The summed E-state index contributed by atoms with van der Waals surface area (Å²) in [5.41, 5.74) is 3.28. The second kappa shape index (κ2) is 10.8. The van der Waals surface area contributed by atoms with Crippen LogP contribution in [-0.4, -0.2) is 63.0 Å². The number of ketones is 1. The van der Waals surface area contributed by atoms with Crippen molar-refractivity contribution in [2.45, 2.75) is 64.5 Å². The van der Waals surface area contributed by atoms with Gasteiger partial charge >= 0.3 is 0 Å². The van der Waals surface area contributed by atoms with Crippen molar-refractivity contribution in [3.8, 4) is 11.5 Å². The molecule has 1 amide bonds. The molecule has 0 radical (unpaired) electrons. The van der Waals surface area contributed by atoms with Gasteiger partial charge in [-0.15, -0.1) is 0 Å². The number of fused-ring (bicyclic) bond motifs is 2. The summed E-state index contributed by atoms with van der Waals surface area (Å²) in [6.45, 7) is 4.81. The second-order valence-electron chi connectivity index (χ2n) is 11.0. The van der Waals surface area contributed by atoms with Crippen molar-refractivity contribution >= 4 is 22.6 Å². The summed E-state index contributed by atoms with van der Waals surface area (Å²) in [5, 5.41) is 18.4. The Labute approximate surface area is 223 Å². The molecule has 1 saturated carbocycles. The van der Waals surface area contributed by atoms with E-state index in [0.717, 1.165) is 62.2 Å². The Morgan fingerprint density at radius 1 is 0.974 bits per heavy atom. The maximum atomic E-state index is 13.5. The molecule has 0 spiro atoms. The number of amides is 1. The Hall–Kier alpha value is -3.39. The number of piperidine rings is 1. The average molecular weight is 517 g/mol. The predicted molar refractivity (Wildman–Crippen MR) is 144 cm³/mol. The molecule has 3 aromatic rings. The molecule has 2 aliphatic heterocycles. The fraction of sp³-hybridized carbons (Fsp3) is 0.500. The zero-order valence-corrected chi connectivity index (χ0v) is 21.9. The van der Waals surface area contributed by atoms with Gasteiger partial charge in [-0.2, -0.15) is 5.10 Å². The largest absolute Gasteiger partial charge is 0.507 e. The van der Waals surface area contributed by atoms with E-state index in [9.17, 15) is 14.7 Å². The molecule has 3 heterocycles. The molecule has 8 nitrogen and oxygen atoms in total. The van der Waals surface area contributed by atoms with Crippen LogP contribution >= 0.6 is 0 Å². The van der Waals surface area contributed by atoms with Crippen molar-refractivity contribution in [3.63, 3.8) is 0 Å². The number of ether oxygens (including phenoxy) is 1. The van der Waals surface area contributed by atoms with Crippen molar-refractivity contribution in [2.75, 3.05) is 26.2 Å². The third-order valence-electron chi connectivity index (χ3n) is 8.43. The molecule has 2 fully saturated rings. The fourth-order valence-electron chi connectivity index (χ4n) is 6.22. The smallest absolute Gasteiger partial charge is 0.258 e. The molecule has 6 rings (SSSR count). The summed E-state index contributed by atoms with van der Waals surface area (Å²) >= 11 is 0. The molecule has 3 aliphatic rings. The lowest BCUT2D eigenvalue weighted by atomic mass is 9.84. The number of likely N-dealkylation sites (tertiary alicyclic amines) is 1. The molecule has 38 heavy (non-hydrogen) atoms. The van der Waals surface area contributed by atoms with Crippen molar-refractivity contribution in [3.05, 3.63) is 52.7 Å². The normalized spacial score (nSPS) is 18.6. The lowest BCUT2D eigenvalue weighted by Gasteiger charge is -2.26. The zero-order chi connectivity index (χ0) is 26.1. The summed E-state index contributed by atoms with van der Waals surface area (Å²) in [5.74, 6) is 0.462. The van der Waals surface area contributed by atoms with Gasteiger partial charge < -0.3 is 14.7 Å². The first-order valence-corrected chi connectivity index (χ1v) is 14.1. The third kappa shape index (κ3) is 5.01. The average Bonchev–Trinajstić information content (AvgIpc) is 3.56. The van der Waals surface area contributed by atoms with Gasteiger partial charge in [0.25, 0.3) is 5.91 Å². The van der Waals surface area contributed by atoms with Crippen molar-refractivity contribution in [2.24, 2.45) is 5.92 Å². The first kappa shape index (κ1) is 24.9. The highest BCUT2D eigenvalue weighted by Gasteiger charge is 2.29. The highest BCUT2D eigenvalue weighted by molar-refractivity contribution is 6.10. The van der Waals surface area contributed by atoms with Gasteiger partial charge in [0, 0.05) is 37.0 Å². The van der Waals surface area contributed by atoms with E-state index in [1.165, 1.54) is 31.7 Å². The van der Waals surface area contributed by atoms with Crippen molar-refractivity contribution in [1.29, 1.82) is 0 Å². The number of hydrogen-bond acceptors (Lipinski definition) is 6. The summed E-state index contributed by atoms with van der Waals surface area (Å²) in [4.78, 5) is 30.9. The van der Waals surface area contributed by atoms with Gasteiger partial charge in [-0.05, 0) is 68.1 Å². The Kier molecular flexibility index (Phi) is 7.06. The van der Waals surface area contributed by atoms with Gasteiger partial charge in [-0.25, -0.2) is 0 Å². The maximum Gasteiger partial charge on any atom is 0.258 e. The Morgan fingerprint density at radius 2 is 1.74 bits per heavy atom. The Balaban J connectivity index is 1.15. The first-order valence-electron chi connectivity index (χ1n) is 14.1. The quantitative estimate of drug-likeness (QED) is 0.427. The van der Waals surface area contributed by atoms with Crippen molar-refractivity contribution in [1.82, 2.24) is 20.0 Å². The molecule has 0 unspecified atom stereocenters. The highest BCUT2D eigenvalue weighted by Crippen LogP contribution is 2.34. The molecule has 1 aliphatic carbocycles. The van der Waals surface area contributed by atoms with E-state index >= 15 is 0 Å². The number of H-pyrrole nitrogens is 1. The van der Waals surface area contributed by atoms with Crippen LogP contribution in [0.15, 0.2) is 30.3 Å². The number of aromatic hydroxyl groups is 1. The van der Waals surface area contributed by atoms with Crippen LogP contribution in [0.3, 0.4) is 0 Å². The van der Waals surface area contributed by atoms with Crippen LogP contribution in [0.1, 0.15) is 83.3 Å².